The Morgan fingerprint density at radius 3 is 0.940 bits per heavy atom. The zero-order valence-corrected chi connectivity index (χ0v) is 90.3. The molecule has 0 heterocycles. The van der Waals surface area contributed by atoms with E-state index in [4.69, 9.17) is 41.7 Å². The number of aryl methyl sites for hydroxylation is 10. The number of hydrogen-bond acceptors (Lipinski definition) is 20. The average Bonchev–Trinajstić information content (AvgIpc) is 0.896. The fourth-order valence-corrected chi connectivity index (χ4v) is 12.9. The zero-order chi connectivity index (χ0) is 111. The lowest BCUT2D eigenvalue weighted by Crippen LogP contribution is -2.19. The van der Waals surface area contributed by atoms with E-state index in [9.17, 15) is 64.0 Å². The Labute approximate surface area is 891 Å². The third kappa shape index (κ3) is 61.2. The molecule has 30 nitrogen and oxygen atoms in total. The number of terminal acetylenes is 1. The number of carbonyl (C=O) groups excluding carboxylic acids is 8. The van der Waals surface area contributed by atoms with Crippen LogP contribution < -0.4 is 61.5 Å². The second kappa shape index (κ2) is 71.3. The summed E-state index contributed by atoms with van der Waals surface area (Å²) in [4.78, 5) is 90.3. The SMILES string of the molecule is C#CCOC(=O)Nc1cccc(C)c1.CCC(C)OC(=O)Nc1cccc(C)c1.CCCOC(=O)Nc1ccc(C)cc1.CCS(=O)(=O)Nc1ccc(C)cc1.Cc1ccc(NC(=O)OCCF)cc1.Cc1ccc(NS(C)(=O)=O)cc1.Cc1cccc(NC(=O)OCCF)c1.Cc1cccc(NC(=O)OCc2ccccc2)c1.Cc1cccc(NC(=O)Oc2ccc(Br)cc2)c1.Cc1cccc(NC(=O)Oc2ccc(Cl)cc2)c1. The highest BCUT2D eigenvalue weighted by Crippen LogP contribution is 2.23. The van der Waals surface area contributed by atoms with Gasteiger partial charge in [-0.2, -0.15) is 0 Å². The van der Waals surface area contributed by atoms with Crippen LogP contribution in [0.25, 0.3) is 0 Å². The third-order valence-corrected chi connectivity index (χ3v) is 21.4. The summed E-state index contributed by atoms with van der Waals surface area (Å²) in [7, 11) is -6.28. The molecule has 0 aliphatic rings. The van der Waals surface area contributed by atoms with Crippen LogP contribution in [0.5, 0.6) is 11.5 Å². The summed E-state index contributed by atoms with van der Waals surface area (Å²) >= 11 is 9.06. The number of anilines is 10. The van der Waals surface area contributed by atoms with E-state index >= 15 is 0 Å². The molecule has 0 aliphatic heterocycles. The molecule has 10 N–H and O–H groups in total. The highest BCUT2D eigenvalue weighted by molar-refractivity contribution is 9.10. The first kappa shape index (κ1) is 126. The summed E-state index contributed by atoms with van der Waals surface area (Å²) in [5, 5.41) is 21.5. The Bertz CT molecular complexity index is 6410. The molecule has 1 unspecified atom stereocenters. The number of carbonyl (C=O) groups is 8. The number of benzene rings is 13. The number of hydrogen-bond donors (Lipinski definition) is 10. The van der Waals surface area contributed by atoms with E-state index in [0.29, 0.717) is 57.3 Å². The van der Waals surface area contributed by atoms with Crippen LogP contribution in [-0.2, 0) is 55.1 Å². The Morgan fingerprint density at radius 1 is 0.340 bits per heavy atom. The van der Waals surface area contributed by atoms with Crippen LogP contribution in [0.15, 0.2) is 326 Å². The largest absolute Gasteiger partial charge is 0.449 e. The van der Waals surface area contributed by atoms with Crippen molar-refractivity contribution in [2.45, 2.75) is 122 Å². The summed E-state index contributed by atoms with van der Waals surface area (Å²) in [6.45, 7) is 26.0. The van der Waals surface area contributed by atoms with Crippen molar-refractivity contribution in [3.05, 3.63) is 392 Å². The van der Waals surface area contributed by atoms with Crippen LogP contribution in [-0.4, -0.2) is 123 Å². The molecule has 150 heavy (non-hydrogen) atoms. The van der Waals surface area contributed by atoms with Gasteiger partial charge in [-0.25, -0.2) is 64.0 Å². The number of ether oxygens (including phenoxy) is 8. The number of sulfonamides is 2. The van der Waals surface area contributed by atoms with Gasteiger partial charge in [0.05, 0.1) is 18.6 Å². The Hall–Kier alpha value is -16.3. The quantitative estimate of drug-likeness (QED) is 0.0178. The van der Waals surface area contributed by atoms with E-state index in [0.717, 1.165) is 108 Å². The maximum atomic E-state index is 11.7. The standard InChI is InChI=1S/C15H15NO2.C14H12BrNO2.C14H12ClNO2.C12H17NO2.C11H15NO2.C11H11NO2.2C10H12FNO2.C9H13NO2S.C8H11NO2S/c1-12-6-5-9-14(10-12)16-15(17)18-11-13-7-3-2-4-8-13;2*1-10-3-2-4-12(9-10)16-14(17)18-13-7-5-11(15)6-8-13;1-4-10(3)15-12(14)13-11-7-5-6-9(2)8-11;1-3-8-14-11(13)12-10-6-4-9(2)5-7-10;1-3-7-14-11(13)12-10-6-4-5-9(2)8-10;1-8-2-4-9(5-3-8)12-10(13)14-7-6-11;1-8-3-2-4-9(7-8)12-10(13)14-6-5-11;1-3-13(11,12)10-9-6-4-8(2)5-7-9;1-7-3-5-8(6-4-7)9-12(2,10)11/h2-10H,11H2,1H3,(H,16,17);2*2-9H,1H3,(H,16,17);5-8,10H,4H2,1-3H3,(H,13,14);4-7H,3,8H2,1-2H3,(H,12,13);1,4-6,8H,7H2,2H3,(H,12,13);2-5H,6-7H2,1H3,(H,12,13);2-4,7H,5-6H2,1H3,(H,12,13);4-7,10H,3H2,1-2H3;3-6,9H,1-2H3. The maximum absolute atomic E-state index is 11.7. The van der Waals surface area contributed by atoms with Gasteiger partial charge < -0.3 is 37.9 Å². The predicted octanol–water partition coefficient (Wildman–Crippen LogP) is 29.0. The van der Waals surface area contributed by atoms with Gasteiger partial charge in [0, 0.05) is 66.4 Å². The molecule has 36 heteroatoms. The van der Waals surface area contributed by atoms with Gasteiger partial charge in [-0.1, -0.05) is 221 Å². The van der Waals surface area contributed by atoms with Gasteiger partial charge in [-0.15, -0.1) is 6.42 Å². The van der Waals surface area contributed by atoms with Crippen molar-refractivity contribution in [2.24, 2.45) is 0 Å². The summed E-state index contributed by atoms with van der Waals surface area (Å²) in [5.41, 5.74) is 18.8. The Balaban J connectivity index is 0.000000348. The van der Waals surface area contributed by atoms with E-state index < -0.39 is 82.1 Å². The van der Waals surface area contributed by atoms with Gasteiger partial charge in [-0.3, -0.25) is 52.0 Å². The molecule has 13 aromatic carbocycles. The normalized spacial score (nSPS) is 10.1. The molecule has 0 spiro atoms. The van der Waals surface area contributed by atoms with Crippen molar-refractivity contribution in [1.29, 1.82) is 0 Å². The van der Waals surface area contributed by atoms with E-state index in [1.807, 2.05) is 314 Å². The van der Waals surface area contributed by atoms with Crippen molar-refractivity contribution in [3.63, 3.8) is 0 Å². The van der Waals surface area contributed by atoms with E-state index in [1.54, 1.807) is 104 Å². The van der Waals surface area contributed by atoms with Crippen LogP contribution in [0.4, 0.5) is 104 Å². The topological polar surface area (TPSA) is 399 Å². The minimum absolute atomic E-state index is 0.0162. The second-order valence-corrected chi connectivity index (χ2v) is 37.6. The number of nitrogens with one attached hydrogen (secondary N) is 10. The highest BCUT2D eigenvalue weighted by atomic mass is 79.9. The molecule has 0 saturated carbocycles. The van der Waals surface area contributed by atoms with Crippen molar-refractivity contribution in [3.8, 4) is 23.8 Å². The van der Waals surface area contributed by atoms with Crippen LogP contribution in [0.3, 0.4) is 0 Å². The van der Waals surface area contributed by atoms with Gasteiger partial charge in [0.15, 0.2) is 6.61 Å². The minimum Gasteiger partial charge on any atom is -0.449 e. The fraction of sp³-hybridized carbons (Fsp3) is 0.228. The smallest absolute Gasteiger partial charge is 0.417 e. The van der Waals surface area contributed by atoms with Crippen molar-refractivity contribution >= 4 is 153 Å². The molecule has 13 rings (SSSR count). The average molecular weight is 2180 g/mol. The number of alkyl halides is 2. The first-order valence-electron chi connectivity index (χ1n) is 46.9. The van der Waals surface area contributed by atoms with Gasteiger partial charge in [-0.05, 0) is 305 Å². The molecule has 1 atom stereocenters. The van der Waals surface area contributed by atoms with Gasteiger partial charge in [0.25, 0.3) is 0 Å². The Kier molecular flexibility index (Phi) is 59.9. The van der Waals surface area contributed by atoms with Crippen LogP contribution in [0, 0.1) is 81.6 Å². The van der Waals surface area contributed by atoms with E-state index in [-0.39, 0.29) is 38.3 Å². The monoisotopic (exact) mass is 2170 g/mol. The van der Waals surface area contributed by atoms with Crippen LogP contribution in [0.2, 0.25) is 5.02 Å². The zero-order valence-electron chi connectivity index (χ0n) is 86.3. The predicted molar refractivity (Wildman–Crippen MR) is 599 cm³/mol. The minimum atomic E-state index is -3.14. The van der Waals surface area contributed by atoms with Crippen molar-refractivity contribution < 1.29 is 102 Å². The molecule has 0 bridgehead atoms. The molecule has 0 fully saturated rings. The van der Waals surface area contributed by atoms with Crippen molar-refractivity contribution in [1.82, 2.24) is 0 Å². The molecule has 0 radical (unpaired) electrons. The lowest BCUT2D eigenvalue weighted by atomic mass is 10.2. The maximum Gasteiger partial charge on any atom is 0.417 e. The first-order valence-corrected chi connectivity index (χ1v) is 51.6. The third-order valence-electron chi connectivity index (χ3n) is 18.7. The fourth-order valence-electron chi connectivity index (χ4n) is 11.3. The second-order valence-electron chi connectivity index (χ2n) is 32.5. The molecule has 8 amide bonds. The summed E-state index contributed by atoms with van der Waals surface area (Å²) < 4.78 is 112. The van der Waals surface area contributed by atoms with E-state index in [2.05, 4.69) is 88.0 Å². The van der Waals surface area contributed by atoms with Crippen molar-refractivity contribution in [2.75, 3.05) is 104 Å². The molecule has 13 aromatic rings. The number of rotatable bonds is 26. The van der Waals surface area contributed by atoms with Gasteiger partial charge in [0.1, 0.15) is 50.8 Å². The molecule has 0 aliphatic carbocycles. The Morgan fingerprint density at radius 2 is 0.633 bits per heavy atom. The van der Waals surface area contributed by atoms with Gasteiger partial charge in [0.2, 0.25) is 20.0 Å². The number of amides is 8. The van der Waals surface area contributed by atoms with Gasteiger partial charge >= 0.3 is 48.7 Å². The van der Waals surface area contributed by atoms with Crippen LogP contribution in [0.1, 0.15) is 102 Å². The van der Waals surface area contributed by atoms with E-state index in [1.165, 1.54) is 0 Å². The molecular formula is C114H130BrClF2N10O20S2. The molecular weight excluding hydrogens is 2050 g/mol. The summed E-state index contributed by atoms with van der Waals surface area (Å²) in [6, 6.07) is 97.4. The lowest BCUT2D eigenvalue weighted by molar-refractivity contribution is 0.118. The first-order chi connectivity index (χ1) is 71.5. The lowest BCUT2D eigenvalue weighted by Gasteiger charge is -2.11. The summed E-state index contributed by atoms with van der Waals surface area (Å²) in [5.74, 6) is 3.26. The molecule has 796 valence electrons. The number of halogens is 4. The molecule has 0 aromatic heterocycles. The highest BCUT2D eigenvalue weighted by Gasteiger charge is 2.14. The summed E-state index contributed by atoms with van der Waals surface area (Å²) in [6.07, 6.45) is 3.63. The van der Waals surface area contributed by atoms with Crippen LogP contribution >= 0.6 is 27.5 Å². The molecule has 0 saturated heterocycles.